The molecule has 0 aromatic heterocycles. The number of carboxylic acid groups (broad SMARTS) is 1. The summed E-state index contributed by atoms with van der Waals surface area (Å²) in [6, 6.07) is 0. The largest absolute Gasteiger partial charge is 0.481 e. The number of hydrogen-bond donors (Lipinski definition) is 2. The summed E-state index contributed by atoms with van der Waals surface area (Å²) in [7, 11) is 0. The Hall–Kier alpha value is -1.59. The number of carbonyl (C=O) groups excluding carboxylic acids is 2. The predicted octanol–water partition coefficient (Wildman–Crippen LogP) is 0.472. The van der Waals surface area contributed by atoms with Crippen molar-refractivity contribution in [2.24, 2.45) is 11.3 Å². The molecule has 1 unspecified atom stereocenters. The first-order chi connectivity index (χ1) is 8.74. The number of rotatable bonds is 4. The summed E-state index contributed by atoms with van der Waals surface area (Å²) < 4.78 is 0. The molecule has 6 nitrogen and oxygen atoms in total. The maximum Gasteiger partial charge on any atom is 0.310 e. The Kier molecular flexibility index (Phi) is 4.91. The lowest BCUT2D eigenvalue weighted by atomic mass is 9.92. The number of carbonyl (C=O) groups is 3. The Morgan fingerprint density at radius 1 is 1.37 bits per heavy atom. The van der Waals surface area contributed by atoms with E-state index in [0.717, 1.165) is 12.8 Å². The Morgan fingerprint density at radius 2 is 2.00 bits per heavy atom. The predicted molar refractivity (Wildman–Crippen MR) is 69.4 cm³/mol. The van der Waals surface area contributed by atoms with Crippen LogP contribution in [0.4, 0.5) is 0 Å². The molecule has 0 aromatic carbocycles. The molecule has 0 bridgehead atoms. The van der Waals surface area contributed by atoms with Gasteiger partial charge in [0, 0.05) is 26.6 Å². The number of nitrogens with zero attached hydrogens (tertiary/aromatic N) is 1. The van der Waals surface area contributed by atoms with Crippen molar-refractivity contribution in [3.8, 4) is 0 Å². The molecule has 1 atom stereocenters. The lowest BCUT2D eigenvalue weighted by Gasteiger charge is -2.31. The molecule has 1 rings (SSSR count). The molecule has 19 heavy (non-hydrogen) atoms. The molecule has 2 amide bonds. The molecule has 1 aliphatic heterocycles. The van der Waals surface area contributed by atoms with E-state index in [1.807, 2.05) is 0 Å². The Labute approximate surface area is 113 Å². The van der Waals surface area contributed by atoms with E-state index in [1.165, 1.54) is 6.92 Å². The van der Waals surface area contributed by atoms with Crippen molar-refractivity contribution >= 4 is 17.8 Å². The zero-order valence-electron chi connectivity index (χ0n) is 11.7. The SMILES string of the molecule is CC(=O)N1CCCC(C(=O)NCC(C)(C)C(=O)O)C1. The molecule has 0 spiro atoms. The van der Waals surface area contributed by atoms with E-state index >= 15 is 0 Å². The van der Waals surface area contributed by atoms with E-state index in [0.29, 0.717) is 13.1 Å². The van der Waals surface area contributed by atoms with E-state index in [9.17, 15) is 14.4 Å². The molecule has 0 saturated carbocycles. The van der Waals surface area contributed by atoms with Gasteiger partial charge in [-0.1, -0.05) is 0 Å². The van der Waals surface area contributed by atoms with Gasteiger partial charge in [-0.25, -0.2) is 0 Å². The number of aliphatic carboxylic acids is 1. The minimum Gasteiger partial charge on any atom is -0.481 e. The Balaban J connectivity index is 2.50. The van der Waals surface area contributed by atoms with E-state index in [1.54, 1.807) is 18.7 Å². The summed E-state index contributed by atoms with van der Waals surface area (Å²) in [4.78, 5) is 35.9. The number of amides is 2. The third-order valence-electron chi connectivity index (χ3n) is 3.52. The van der Waals surface area contributed by atoms with Crippen molar-refractivity contribution < 1.29 is 19.5 Å². The molecule has 0 aromatic rings. The second-order valence-corrected chi connectivity index (χ2v) is 5.71. The molecule has 0 aliphatic carbocycles. The van der Waals surface area contributed by atoms with Gasteiger partial charge in [-0.3, -0.25) is 14.4 Å². The summed E-state index contributed by atoms with van der Waals surface area (Å²) >= 11 is 0. The van der Waals surface area contributed by atoms with Crippen LogP contribution in [0, 0.1) is 11.3 Å². The van der Waals surface area contributed by atoms with Crippen molar-refractivity contribution in [2.75, 3.05) is 19.6 Å². The van der Waals surface area contributed by atoms with Gasteiger partial charge in [-0.2, -0.15) is 0 Å². The Morgan fingerprint density at radius 3 is 2.53 bits per heavy atom. The summed E-state index contributed by atoms with van der Waals surface area (Å²) in [5.41, 5.74) is -0.982. The number of hydrogen-bond acceptors (Lipinski definition) is 3. The van der Waals surface area contributed by atoms with Crippen LogP contribution < -0.4 is 5.32 Å². The average Bonchev–Trinajstić information content (AvgIpc) is 2.36. The molecular formula is C13H22N2O4. The van der Waals surface area contributed by atoms with Crippen molar-refractivity contribution in [1.82, 2.24) is 10.2 Å². The fraction of sp³-hybridized carbons (Fsp3) is 0.769. The van der Waals surface area contributed by atoms with E-state index in [-0.39, 0.29) is 24.3 Å². The highest BCUT2D eigenvalue weighted by molar-refractivity contribution is 5.81. The van der Waals surface area contributed by atoms with Gasteiger partial charge in [-0.15, -0.1) is 0 Å². The molecule has 1 saturated heterocycles. The topological polar surface area (TPSA) is 86.7 Å². The van der Waals surface area contributed by atoms with Crippen molar-refractivity contribution in [2.45, 2.75) is 33.6 Å². The van der Waals surface area contributed by atoms with Crippen molar-refractivity contribution in [3.63, 3.8) is 0 Å². The average molecular weight is 270 g/mol. The zero-order valence-corrected chi connectivity index (χ0v) is 11.7. The lowest BCUT2D eigenvalue weighted by Crippen LogP contribution is -2.47. The second kappa shape index (κ2) is 6.04. The highest BCUT2D eigenvalue weighted by Crippen LogP contribution is 2.18. The van der Waals surface area contributed by atoms with Gasteiger partial charge in [0.25, 0.3) is 0 Å². The maximum atomic E-state index is 12.0. The van der Waals surface area contributed by atoms with Gasteiger partial charge in [0.1, 0.15) is 0 Å². The van der Waals surface area contributed by atoms with Crippen molar-refractivity contribution in [3.05, 3.63) is 0 Å². The van der Waals surface area contributed by atoms with Gasteiger partial charge in [0.05, 0.1) is 11.3 Å². The number of carboxylic acids is 1. The first-order valence-electron chi connectivity index (χ1n) is 6.50. The van der Waals surface area contributed by atoms with Gasteiger partial charge < -0.3 is 15.3 Å². The third kappa shape index (κ3) is 4.22. The van der Waals surface area contributed by atoms with Crippen LogP contribution >= 0.6 is 0 Å². The van der Waals surface area contributed by atoms with Crippen LogP contribution in [0.3, 0.4) is 0 Å². The van der Waals surface area contributed by atoms with Crippen LogP contribution in [0.25, 0.3) is 0 Å². The van der Waals surface area contributed by atoms with Crippen LogP contribution in [0.1, 0.15) is 33.6 Å². The molecule has 1 aliphatic rings. The monoisotopic (exact) mass is 270 g/mol. The fourth-order valence-electron chi connectivity index (χ4n) is 2.01. The first kappa shape index (κ1) is 15.5. The number of nitrogens with one attached hydrogen (secondary N) is 1. The molecule has 1 heterocycles. The van der Waals surface area contributed by atoms with Gasteiger partial charge in [0.15, 0.2) is 0 Å². The highest BCUT2D eigenvalue weighted by Gasteiger charge is 2.31. The Bertz CT molecular complexity index is 379. The van der Waals surface area contributed by atoms with Gasteiger partial charge >= 0.3 is 5.97 Å². The van der Waals surface area contributed by atoms with Crippen molar-refractivity contribution in [1.29, 1.82) is 0 Å². The van der Waals surface area contributed by atoms with Crippen LogP contribution in [0.15, 0.2) is 0 Å². The third-order valence-corrected chi connectivity index (χ3v) is 3.52. The standard InChI is InChI=1S/C13H22N2O4/c1-9(16)15-6-4-5-10(7-15)11(17)14-8-13(2,3)12(18)19/h10H,4-8H2,1-3H3,(H,14,17)(H,18,19). The highest BCUT2D eigenvalue weighted by atomic mass is 16.4. The van der Waals surface area contributed by atoms with Gasteiger partial charge in [-0.05, 0) is 26.7 Å². The van der Waals surface area contributed by atoms with Crippen LogP contribution in [-0.4, -0.2) is 47.4 Å². The molecule has 0 radical (unpaired) electrons. The fourth-order valence-corrected chi connectivity index (χ4v) is 2.01. The smallest absolute Gasteiger partial charge is 0.310 e. The quantitative estimate of drug-likeness (QED) is 0.777. The number of piperidine rings is 1. The van der Waals surface area contributed by atoms with E-state index in [4.69, 9.17) is 5.11 Å². The van der Waals surface area contributed by atoms with Gasteiger partial charge in [0.2, 0.25) is 11.8 Å². The van der Waals surface area contributed by atoms with E-state index < -0.39 is 11.4 Å². The molecule has 6 heteroatoms. The maximum absolute atomic E-state index is 12.0. The summed E-state index contributed by atoms with van der Waals surface area (Å²) in [6.07, 6.45) is 1.54. The molecular weight excluding hydrogens is 248 g/mol. The molecule has 108 valence electrons. The summed E-state index contributed by atoms with van der Waals surface area (Å²) in [5.74, 6) is -1.37. The number of likely N-dealkylation sites (tertiary alicyclic amines) is 1. The lowest BCUT2D eigenvalue weighted by molar-refractivity contribution is -0.146. The van der Waals surface area contributed by atoms with Crippen LogP contribution in [0.2, 0.25) is 0 Å². The minimum atomic E-state index is -0.982. The normalized spacial score (nSPS) is 19.9. The first-order valence-corrected chi connectivity index (χ1v) is 6.50. The van der Waals surface area contributed by atoms with Crippen LogP contribution in [-0.2, 0) is 14.4 Å². The summed E-state index contributed by atoms with van der Waals surface area (Å²) in [5, 5.41) is 11.7. The molecule has 1 fully saturated rings. The van der Waals surface area contributed by atoms with Crippen LogP contribution in [0.5, 0.6) is 0 Å². The molecule has 2 N–H and O–H groups in total. The zero-order chi connectivity index (χ0) is 14.6. The van der Waals surface area contributed by atoms with E-state index in [2.05, 4.69) is 5.32 Å². The second-order valence-electron chi connectivity index (χ2n) is 5.71. The summed E-state index contributed by atoms with van der Waals surface area (Å²) in [6.45, 7) is 5.84. The minimum absolute atomic E-state index is 0.0247.